The third-order valence-corrected chi connectivity index (χ3v) is 13.2. The number of benzene rings is 1. The van der Waals surface area contributed by atoms with Crippen LogP contribution in [0.25, 0.3) is 0 Å². The normalized spacial score (nSPS) is 18.5. The van der Waals surface area contributed by atoms with Gasteiger partial charge in [0.05, 0.1) is 0 Å². The van der Waals surface area contributed by atoms with E-state index in [0.717, 1.165) is 11.8 Å². The molecule has 1 aromatic carbocycles. The van der Waals surface area contributed by atoms with Gasteiger partial charge < -0.3 is 0 Å². The van der Waals surface area contributed by atoms with E-state index >= 15 is 0 Å². The molecule has 0 saturated carbocycles. The van der Waals surface area contributed by atoms with Crippen LogP contribution in [0.1, 0.15) is 27.7 Å². The fourth-order valence-electron chi connectivity index (χ4n) is 2.12. The Labute approximate surface area is 106 Å². The molecule has 15 heavy (non-hydrogen) atoms. The van der Waals surface area contributed by atoms with Crippen molar-refractivity contribution in [3.63, 3.8) is 0 Å². The van der Waals surface area contributed by atoms with E-state index in [1.807, 2.05) is 0 Å². The molecule has 1 heterocycles. The molecule has 82 valence electrons. The van der Waals surface area contributed by atoms with Crippen molar-refractivity contribution < 1.29 is 0 Å². The Kier molecular flexibility index (Phi) is 3.33. The van der Waals surface area contributed by atoms with Gasteiger partial charge in [0.25, 0.3) is 0 Å². The second-order valence-electron chi connectivity index (χ2n) is 4.68. The summed E-state index contributed by atoms with van der Waals surface area (Å²) in [7, 11) is 0. The maximum atomic E-state index is 2.41. The van der Waals surface area contributed by atoms with Crippen molar-refractivity contribution >= 4 is 38.8 Å². The van der Waals surface area contributed by atoms with Gasteiger partial charge >= 0.3 is 106 Å². The molecule has 0 nitrogen and oxygen atoms in total. The summed E-state index contributed by atoms with van der Waals surface area (Å²) in [6.07, 6.45) is 0. The van der Waals surface area contributed by atoms with Crippen molar-refractivity contribution in [2.45, 2.75) is 30.9 Å². The maximum absolute atomic E-state index is 2.41. The van der Waals surface area contributed by atoms with Crippen LogP contribution < -0.4 is 8.92 Å². The van der Waals surface area contributed by atoms with Gasteiger partial charge in [-0.05, 0) is 0 Å². The Morgan fingerprint density at radius 2 is 1.27 bits per heavy atom. The van der Waals surface area contributed by atoms with Crippen LogP contribution in [0.4, 0.5) is 0 Å². The Hall–Kier alpha value is 0.259. The average Bonchev–Trinajstić information content (AvgIpc) is 2.57. The number of hydrogen-bond acceptors (Lipinski definition) is 0. The molecule has 0 bridgehead atoms. The molecule has 0 aliphatic carbocycles. The standard InChI is InChI=1S/C13H18Se2/c1-9(2)13(10(3)4)14-11-7-5-6-8-12(11)15-13/h5-10H,1-4H3. The molecule has 0 amide bonds. The summed E-state index contributed by atoms with van der Waals surface area (Å²) in [6, 6.07) is 9.11. The van der Waals surface area contributed by atoms with Crippen LogP contribution in [0.2, 0.25) is 3.21 Å². The monoisotopic (exact) mass is 334 g/mol. The second kappa shape index (κ2) is 4.26. The van der Waals surface area contributed by atoms with Crippen molar-refractivity contribution in [3.05, 3.63) is 24.3 Å². The zero-order valence-electron chi connectivity index (χ0n) is 9.78. The predicted octanol–water partition coefficient (Wildman–Crippen LogP) is 1.79. The van der Waals surface area contributed by atoms with E-state index < -0.39 is 0 Å². The van der Waals surface area contributed by atoms with Crippen molar-refractivity contribution in [3.8, 4) is 0 Å². The molecular weight excluding hydrogens is 314 g/mol. The minimum atomic E-state index is 0.629. The topological polar surface area (TPSA) is 0 Å². The van der Waals surface area contributed by atoms with Gasteiger partial charge in [-0.2, -0.15) is 0 Å². The Morgan fingerprint density at radius 3 is 1.60 bits per heavy atom. The fourth-order valence-corrected chi connectivity index (χ4v) is 10.3. The van der Waals surface area contributed by atoms with Crippen LogP contribution >= 0.6 is 0 Å². The van der Waals surface area contributed by atoms with E-state index in [-0.39, 0.29) is 0 Å². The first kappa shape index (κ1) is 11.7. The zero-order valence-corrected chi connectivity index (χ0v) is 13.2. The molecule has 1 aliphatic rings. The molecule has 0 saturated heterocycles. The number of fused-ring (bicyclic) bond motifs is 1. The SMILES string of the molecule is CC(C)C1(C(C)C)[Se]c2ccccc2[Se]1. The summed E-state index contributed by atoms with van der Waals surface area (Å²) in [5.41, 5.74) is 0. The molecule has 0 radical (unpaired) electrons. The first-order valence-electron chi connectivity index (χ1n) is 5.53. The number of rotatable bonds is 2. The quantitative estimate of drug-likeness (QED) is 0.725. The van der Waals surface area contributed by atoms with Crippen LogP contribution in [0, 0.1) is 11.8 Å². The third kappa shape index (κ3) is 1.94. The van der Waals surface area contributed by atoms with E-state index in [2.05, 4.69) is 52.0 Å². The molecule has 0 unspecified atom stereocenters. The zero-order chi connectivity index (χ0) is 11.1. The molecule has 0 N–H and O–H groups in total. The van der Waals surface area contributed by atoms with Crippen LogP contribution in [0.3, 0.4) is 0 Å². The van der Waals surface area contributed by atoms with Gasteiger partial charge in [0.1, 0.15) is 0 Å². The van der Waals surface area contributed by atoms with Crippen LogP contribution in [-0.4, -0.2) is 29.9 Å². The van der Waals surface area contributed by atoms with E-state index in [9.17, 15) is 0 Å². The third-order valence-electron chi connectivity index (χ3n) is 3.00. The molecule has 1 aliphatic heterocycles. The van der Waals surface area contributed by atoms with E-state index in [1.165, 1.54) is 0 Å². The minimum absolute atomic E-state index is 0.629. The van der Waals surface area contributed by atoms with Gasteiger partial charge in [-0.25, -0.2) is 0 Å². The Bertz CT molecular complexity index is 320. The predicted molar refractivity (Wildman–Crippen MR) is 69.6 cm³/mol. The Balaban J connectivity index is 2.36. The molecule has 0 aromatic heterocycles. The van der Waals surface area contributed by atoms with E-state index in [4.69, 9.17) is 0 Å². The number of hydrogen-bond donors (Lipinski definition) is 0. The van der Waals surface area contributed by atoms with Crippen molar-refractivity contribution in [2.75, 3.05) is 0 Å². The summed E-state index contributed by atoms with van der Waals surface area (Å²) in [6.45, 7) is 9.65. The summed E-state index contributed by atoms with van der Waals surface area (Å²) < 4.78 is 3.98. The van der Waals surface area contributed by atoms with Crippen LogP contribution in [0.5, 0.6) is 0 Å². The fraction of sp³-hybridized carbons (Fsp3) is 0.538. The molecular formula is C13H18Se2. The van der Waals surface area contributed by atoms with E-state index in [0.29, 0.717) is 33.1 Å². The van der Waals surface area contributed by atoms with Gasteiger partial charge in [-0.3, -0.25) is 0 Å². The molecule has 0 spiro atoms. The molecule has 0 fully saturated rings. The molecule has 1 aromatic rings. The second-order valence-corrected chi connectivity index (χ2v) is 11.5. The first-order chi connectivity index (χ1) is 7.06. The van der Waals surface area contributed by atoms with Crippen molar-refractivity contribution in [1.82, 2.24) is 0 Å². The summed E-state index contributed by atoms with van der Waals surface area (Å²) in [5.74, 6) is 1.65. The van der Waals surface area contributed by atoms with E-state index in [1.54, 1.807) is 8.92 Å². The Morgan fingerprint density at radius 1 is 0.867 bits per heavy atom. The van der Waals surface area contributed by atoms with Crippen molar-refractivity contribution in [2.24, 2.45) is 11.8 Å². The summed E-state index contributed by atoms with van der Waals surface area (Å²) >= 11 is 1.37. The van der Waals surface area contributed by atoms with Crippen LogP contribution in [-0.2, 0) is 0 Å². The van der Waals surface area contributed by atoms with Crippen molar-refractivity contribution in [1.29, 1.82) is 0 Å². The van der Waals surface area contributed by atoms with Gasteiger partial charge in [-0.1, -0.05) is 0 Å². The molecule has 0 atom stereocenters. The van der Waals surface area contributed by atoms with Gasteiger partial charge in [0, 0.05) is 0 Å². The average molecular weight is 332 g/mol. The van der Waals surface area contributed by atoms with Gasteiger partial charge in [0.15, 0.2) is 0 Å². The van der Waals surface area contributed by atoms with Gasteiger partial charge in [0.2, 0.25) is 0 Å². The molecule has 2 rings (SSSR count). The van der Waals surface area contributed by atoms with Crippen LogP contribution in [0.15, 0.2) is 24.3 Å². The summed E-state index contributed by atoms with van der Waals surface area (Å²) in [5, 5.41) is 0. The van der Waals surface area contributed by atoms with Gasteiger partial charge in [-0.15, -0.1) is 0 Å². The first-order valence-corrected chi connectivity index (χ1v) is 8.96. The molecule has 2 heteroatoms. The summed E-state index contributed by atoms with van der Waals surface area (Å²) in [4.78, 5) is 0.